The minimum Gasteiger partial charge on any atom is -0.236 e. The zero-order valence-corrected chi connectivity index (χ0v) is 11.8. The highest BCUT2D eigenvalue weighted by Gasteiger charge is 2.20. The van der Waals surface area contributed by atoms with Crippen molar-refractivity contribution in [2.24, 2.45) is 0 Å². The third-order valence-corrected chi connectivity index (χ3v) is 4.54. The molecule has 2 nitrogen and oxygen atoms in total. The second kappa shape index (κ2) is 5.46. The molecule has 0 unspecified atom stereocenters. The lowest BCUT2D eigenvalue weighted by Crippen LogP contribution is -2.10. The third-order valence-electron chi connectivity index (χ3n) is 3.20. The molecular formula is C12H16BrClN2. The highest BCUT2D eigenvalue weighted by atomic mass is 79.9. The number of halogens is 2. The zero-order chi connectivity index (χ0) is 11.5. The molecule has 1 aliphatic carbocycles. The number of hydrogen-bond donors (Lipinski definition) is 0. The van der Waals surface area contributed by atoms with Crippen molar-refractivity contribution in [1.82, 2.24) is 9.97 Å². The highest BCUT2D eigenvalue weighted by molar-refractivity contribution is 9.10. The normalized spacial score (nSPS) is 17.7. The fourth-order valence-electron chi connectivity index (χ4n) is 2.26. The van der Waals surface area contributed by atoms with Crippen molar-refractivity contribution in [3.8, 4) is 0 Å². The Balaban J connectivity index is 2.29. The molecule has 1 aromatic heterocycles. The molecular weight excluding hydrogens is 288 g/mol. The molecule has 0 atom stereocenters. The predicted octanol–water partition coefficient (Wildman–Crippen LogP) is 4.50. The zero-order valence-electron chi connectivity index (χ0n) is 9.47. The van der Waals surface area contributed by atoms with E-state index in [0.29, 0.717) is 11.1 Å². The van der Waals surface area contributed by atoms with Gasteiger partial charge in [0.15, 0.2) is 0 Å². The average molecular weight is 304 g/mol. The minimum atomic E-state index is 0.518. The van der Waals surface area contributed by atoms with Crippen molar-refractivity contribution < 1.29 is 0 Å². The van der Waals surface area contributed by atoms with Gasteiger partial charge < -0.3 is 0 Å². The molecule has 16 heavy (non-hydrogen) atoms. The summed E-state index contributed by atoms with van der Waals surface area (Å²) in [5, 5.41) is 0.562. The maximum Gasteiger partial charge on any atom is 0.147 e. The number of aromatic nitrogens is 2. The molecule has 1 aromatic rings. The summed E-state index contributed by atoms with van der Waals surface area (Å²) < 4.78 is 0.858. The summed E-state index contributed by atoms with van der Waals surface area (Å²) in [4.78, 5) is 9.05. The van der Waals surface area contributed by atoms with Crippen LogP contribution in [0.1, 0.15) is 56.5 Å². The van der Waals surface area contributed by atoms with Crippen LogP contribution in [-0.2, 0) is 6.42 Å². The summed E-state index contributed by atoms with van der Waals surface area (Å²) in [5.74, 6) is 1.47. The van der Waals surface area contributed by atoms with E-state index in [1.165, 1.54) is 32.1 Å². The van der Waals surface area contributed by atoms with E-state index in [-0.39, 0.29) is 0 Å². The smallest absolute Gasteiger partial charge is 0.147 e. The Hall–Kier alpha value is -0.150. The quantitative estimate of drug-likeness (QED) is 0.752. The Kier molecular flexibility index (Phi) is 4.20. The Bertz CT molecular complexity index is 376. The van der Waals surface area contributed by atoms with Gasteiger partial charge in [-0.3, -0.25) is 0 Å². The molecule has 1 aliphatic rings. The summed E-state index contributed by atoms with van der Waals surface area (Å²) in [5.41, 5.74) is 1.03. The molecule has 1 saturated carbocycles. The first kappa shape index (κ1) is 12.3. The number of aryl methyl sites for hydroxylation is 1. The largest absolute Gasteiger partial charge is 0.236 e. The van der Waals surface area contributed by atoms with Gasteiger partial charge in [-0.1, -0.05) is 37.8 Å². The third kappa shape index (κ3) is 2.57. The fourth-order valence-corrected chi connectivity index (χ4v) is 2.91. The second-order valence-electron chi connectivity index (χ2n) is 4.32. The fraction of sp³-hybridized carbons (Fsp3) is 0.667. The Morgan fingerprint density at radius 2 is 1.94 bits per heavy atom. The predicted molar refractivity (Wildman–Crippen MR) is 69.9 cm³/mol. The SMILES string of the molecule is CCc1nc(C2CCCCC2)nc(Cl)c1Br. The molecule has 0 aromatic carbocycles. The van der Waals surface area contributed by atoms with Crippen LogP contribution in [0.25, 0.3) is 0 Å². The average Bonchev–Trinajstić information content (AvgIpc) is 2.33. The topological polar surface area (TPSA) is 25.8 Å². The standard InChI is InChI=1S/C12H16BrClN2/c1-2-9-10(13)11(14)16-12(15-9)8-6-4-3-5-7-8/h8H,2-7H2,1H3. The first-order chi connectivity index (χ1) is 7.72. The van der Waals surface area contributed by atoms with Crippen LogP contribution in [0.5, 0.6) is 0 Å². The van der Waals surface area contributed by atoms with E-state index in [0.717, 1.165) is 22.4 Å². The molecule has 0 aliphatic heterocycles. The Morgan fingerprint density at radius 3 is 2.56 bits per heavy atom. The molecule has 0 bridgehead atoms. The van der Waals surface area contributed by atoms with Crippen molar-refractivity contribution >= 4 is 27.5 Å². The molecule has 0 spiro atoms. The van der Waals surface area contributed by atoms with Crippen LogP contribution in [0.4, 0.5) is 0 Å². The van der Waals surface area contributed by atoms with Crippen LogP contribution >= 0.6 is 27.5 Å². The van der Waals surface area contributed by atoms with Crippen molar-refractivity contribution in [3.05, 3.63) is 21.1 Å². The molecule has 2 rings (SSSR count). The van der Waals surface area contributed by atoms with Gasteiger partial charge in [0.2, 0.25) is 0 Å². The lowest BCUT2D eigenvalue weighted by molar-refractivity contribution is 0.427. The summed E-state index contributed by atoms with van der Waals surface area (Å²) in [7, 11) is 0. The van der Waals surface area contributed by atoms with Crippen LogP contribution < -0.4 is 0 Å². The van der Waals surface area contributed by atoms with E-state index >= 15 is 0 Å². The van der Waals surface area contributed by atoms with Gasteiger partial charge in [0.05, 0.1) is 10.2 Å². The van der Waals surface area contributed by atoms with Gasteiger partial charge in [-0.2, -0.15) is 0 Å². The van der Waals surface area contributed by atoms with Crippen LogP contribution in [0.3, 0.4) is 0 Å². The van der Waals surface area contributed by atoms with Crippen molar-refractivity contribution in [1.29, 1.82) is 0 Å². The summed E-state index contributed by atoms with van der Waals surface area (Å²) in [6.45, 7) is 2.09. The summed E-state index contributed by atoms with van der Waals surface area (Å²) >= 11 is 9.56. The van der Waals surface area contributed by atoms with E-state index in [1.807, 2.05) is 0 Å². The molecule has 0 radical (unpaired) electrons. The number of nitrogens with zero attached hydrogens (tertiary/aromatic N) is 2. The van der Waals surface area contributed by atoms with E-state index < -0.39 is 0 Å². The highest BCUT2D eigenvalue weighted by Crippen LogP contribution is 2.33. The van der Waals surface area contributed by atoms with Crippen molar-refractivity contribution in [2.75, 3.05) is 0 Å². The van der Waals surface area contributed by atoms with E-state index in [4.69, 9.17) is 11.6 Å². The van der Waals surface area contributed by atoms with Gasteiger partial charge in [0.25, 0.3) is 0 Å². The Labute approximate surface area is 110 Å². The first-order valence-corrected chi connectivity index (χ1v) is 7.11. The Morgan fingerprint density at radius 1 is 1.25 bits per heavy atom. The van der Waals surface area contributed by atoms with E-state index in [9.17, 15) is 0 Å². The van der Waals surface area contributed by atoms with Crippen LogP contribution in [0, 0.1) is 0 Å². The molecule has 1 heterocycles. The lowest BCUT2D eigenvalue weighted by Gasteiger charge is -2.21. The van der Waals surface area contributed by atoms with E-state index in [1.54, 1.807) is 0 Å². The van der Waals surface area contributed by atoms with Gasteiger partial charge in [0, 0.05) is 5.92 Å². The first-order valence-electron chi connectivity index (χ1n) is 5.94. The monoisotopic (exact) mass is 302 g/mol. The van der Waals surface area contributed by atoms with Crippen LogP contribution in [0.2, 0.25) is 5.15 Å². The summed E-state index contributed by atoms with van der Waals surface area (Å²) in [6.07, 6.45) is 7.25. The summed E-state index contributed by atoms with van der Waals surface area (Å²) in [6, 6.07) is 0. The molecule has 1 fully saturated rings. The lowest BCUT2D eigenvalue weighted by atomic mass is 9.88. The van der Waals surface area contributed by atoms with Gasteiger partial charge in [-0.15, -0.1) is 0 Å². The minimum absolute atomic E-state index is 0.518. The van der Waals surface area contributed by atoms with Crippen molar-refractivity contribution in [2.45, 2.75) is 51.4 Å². The number of rotatable bonds is 2. The van der Waals surface area contributed by atoms with Crippen molar-refractivity contribution in [3.63, 3.8) is 0 Å². The van der Waals surface area contributed by atoms with Gasteiger partial charge in [0.1, 0.15) is 11.0 Å². The van der Waals surface area contributed by atoms with Crippen LogP contribution in [0.15, 0.2) is 4.47 Å². The maximum absolute atomic E-state index is 6.12. The molecule has 0 saturated heterocycles. The van der Waals surface area contributed by atoms with Gasteiger partial charge in [-0.05, 0) is 35.2 Å². The number of hydrogen-bond acceptors (Lipinski definition) is 2. The van der Waals surface area contributed by atoms with Crippen LogP contribution in [-0.4, -0.2) is 9.97 Å². The molecule has 4 heteroatoms. The van der Waals surface area contributed by atoms with E-state index in [2.05, 4.69) is 32.8 Å². The molecule has 88 valence electrons. The second-order valence-corrected chi connectivity index (χ2v) is 5.47. The van der Waals surface area contributed by atoms with Gasteiger partial charge >= 0.3 is 0 Å². The van der Waals surface area contributed by atoms with Gasteiger partial charge in [-0.25, -0.2) is 9.97 Å². The molecule has 0 N–H and O–H groups in total. The molecule has 0 amide bonds. The maximum atomic E-state index is 6.12.